The van der Waals surface area contributed by atoms with E-state index in [2.05, 4.69) is 31.6 Å². The van der Waals surface area contributed by atoms with Gasteiger partial charge in [-0.2, -0.15) is 0 Å². The maximum absolute atomic E-state index is 10.8. The number of nitrogens with zero attached hydrogens (tertiary/aromatic N) is 1. The predicted octanol–water partition coefficient (Wildman–Crippen LogP) is 3.01. The zero-order valence-corrected chi connectivity index (χ0v) is 9.81. The fourth-order valence-corrected chi connectivity index (χ4v) is 1.45. The van der Waals surface area contributed by atoms with Crippen molar-refractivity contribution in [1.29, 1.82) is 0 Å². The molecule has 0 N–H and O–H groups in total. The third-order valence-electron chi connectivity index (χ3n) is 2.43. The molecule has 0 bridgehead atoms. The first kappa shape index (κ1) is 13.2. The molecule has 0 atom stereocenters. The summed E-state index contributed by atoms with van der Waals surface area (Å²) in [7, 11) is 0. The third-order valence-corrected chi connectivity index (χ3v) is 2.43. The maximum atomic E-state index is 10.8. The highest BCUT2D eigenvalue weighted by Crippen LogP contribution is 2.10. The SMILES string of the molecule is CCCCC(=C=O)N(CC)CCCC. The van der Waals surface area contributed by atoms with Gasteiger partial charge in [0.15, 0.2) is 0 Å². The first-order valence-corrected chi connectivity index (χ1v) is 5.79. The Morgan fingerprint density at radius 2 is 1.79 bits per heavy atom. The Kier molecular flexibility index (Phi) is 8.36. The van der Waals surface area contributed by atoms with Crippen LogP contribution in [0.5, 0.6) is 0 Å². The predicted molar refractivity (Wildman–Crippen MR) is 60.9 cm³/mol. The lowest BCUT2D eigenvalue weighted by Gasteiger charge is -2.23. The first-order chi connectivity index (χ1) is 6.79. The van der Waals surface area contributed by atoms with Gasteiger partial charge in [-0.3, -0.25) is 0 Å². The van der Waals surface area contributed by atoms with E-state index in [9.17, 15) is 4.79 Å². The van der Waals surface area contributed by atoms with E-state index in [0.717, 1.165) is 44.5 Å². The van der Waals surface area contributed by atoms with Gasteiger partial charge in [-0.15, -0.1) is 0 Å². The molecule has 0 heterocycles. The number of hydrogen-bond acceptors (Lipinski definition) is 2. The van der Waals surface area contributed by atoms with Gasteiger partial charge in [-0.05, 0) is 26.2 Å². The monoisotopic (exact) mass is 197 g/mol. The molecule has 0 radical (unpaired) electrons. The van der Waals surface area contributed by atoms with Gasteiger partial charge in [0.25, 0.3) is 0 Å². The second-order valence-corrected chi connectivity index (χ2v) is 3.59. The molecule has 0 rings (SSSR count). The van der Waals surface area contributed by atoms with E-state index in [1.54, 1.807) is 0 Å². The van der Waals surface area contributed by atoms with Crippen molar-refractivity contribution in [2.45, 2.75) is 52.9 Å². The average molecular weight is 197 g/mol. The lowest BCUT2D eigenvalue weighted by Crippen LogP contribution is -2.24. The molecular formula is C12H23NO. The molecule has 0 aliphatic rings. The molecule has 0 spiro atoms. The van der Waals surface area contributed by atoms with Crippen LogP contribution in [0.15, 0.2) is 5.70 Å². The molecule has 0 aliphatic carbocycles. The Balaban J connectivity index is 4.09. The second-order valence-electron chi connectivity index (χ2n) is 3.59. The van der Waals surface area contributed by atoms with Crippen LogP contribution < -0.4 is 0 Å². The zero-order chi connectivity index (χ0) is 10.8. The summed E-state index contributed by atoms with van der Waals surface area (Å²) in [5.41, 5.74) is 0.864. The van der Waals surface area contributed by atoms with Crippen LogP contribution in [0.3, 0.4) is 0 Å². The zero-order valence-electron chi connectivity index (χ0n) is 9.81. The standard InChI is InChI=1S/C12H23NO/c1-4-7-9-12(11-14)13(6-3)10-8-5-2/h4-10H2,1-3H3. The normalized spacial score (nSPS) is 9.64. The summed E-state index contributed by atoms with van der Waals surface area (Å²) in [6.45, 7) is 8.34. The molecule has 0 aromatic heterocycles. The number of unbranched alkanes of at least 4 members (excludes halogenated alkanes) is 2. The van der Waals surface area contributed by atoms with Crippen LogP contribution in [0.25, 0.3) is 0 Å². The van der Waals surface area contributed by atoms with Gasteiger partial charge in [0.2, 0.25) is 0 Å². The highest BCUT2D eigenvalue weighted by molar-refractivity contribution is 5.51. The van der Waals surface area contributed by atoms with Crippen LogP contribution in [0.2, 0.25) is 0 Å². The molecule has 2 heteroatoms. The van der Waals surface area contributed by atoms with Crippen molar-refractivity contribution in [2.75, 3.05) is 13.1 Å². The molecule has 0 aromatic rings. The third kappa shape index (κ3) is 5.08. The highest BCUT2D eigenvalue weighted by Gasteiger charge is 2.07. The Hall–Kier alpha value is -0.750. The van der Waals surface area contributed by atoms with Crippen molar-refractivity contribution < 1.29 is 4.79 Å². The van der Waals surface area contributed by atoms with Crippen molar-refractivity contribution in [1.82, 2.24) is 4.90 Å². The molecule has 0 amide bonds. The summed E-state index contributed by atoms with van der Waals surface area (Å²) in [6.07, 6.45) is 5.45. The lowest BCUT2D eigenvalue weighted by atomic mass is 10.2. The van der Waals surface area contributed by atoms with Crippen LogP contribution in [-0.2, 0) is 4.79 Å². The maximum Gasteiger partial charge on any atom is 0.145 e. The summed E-state index contributed by atoms with van der Waals surface area (Å²) in [5.74, 6) is 2.09. The van der Waals surface area contributed by atoms with Crippen molar-refractivity contribution in [3.8, 4) is 0 Å². The summed E-state index contributed by atoms with van der Waals surface area (Å²) in [5, 5.41) is 0. The quantitative estimate of drug-likeness (QED) is 0.557. The van der Waals surface area contributed by atoms with E-state index >= 15 is 0 Å². The average Bonchev–Trinajstić information content (AvgIpc) is 2.23. The van der Waals surface area contributed by atoms with Gasteiger partial charge in [-0.1, -0.05) is 26.7 Å². The van der Waals surface area contributed by atoms with Crippen LogP contribution in [0, 0.1) is 0 Å². The molecule has 0 fully saturated rings. The van der Waals surface area contributed by atoms with Gasteiger partial charge in [0, 0.05) is 13.1 Å². The minimum atomic E-state index is 0.864. The van der Waals surface area contributed by atoms with Gasteiger partial charge in [0.1, 0.15) is 5.94 Å². The minimum absolute atomic E-state index is 0.864. The minimum Gasteiger partial charge on any atom is -0.366 e. The van der Waals surface area contributed by atoms with Crippen LogP contribution >= 0.6 is 0 Å². The summed E-state index contributed by atoms with van der Waals surface area (Å²) >= 11 is 0. The van der Waals surface area contributed by atoms with Crippen molar-refractivity contribution in [3.63, 3.8) is 0 Å². The molecule has 14 heavy (non-hydrogen) atoms. The lowest BCUT2D eigenvalue weighted by molar-refractivity contribution is 0.341. The first-order valence-electron chi connectivity index (χ1n) is 5.79. The molecule has 0 aromatic carbocycles. The van der Waals surface area contributed by atoms with E-state index in [1.165, 1.54) is 6.42 Å². The summed E-state index contributed by atoms with van der Waals surface area (Å²) in [4.78, 5) is 12.9. The highest BCUT2D eigenvalue weighted by atomic mass is 16.1. The molecule has 0 unspecified atom stereocenters. The van der Waals surface area contributed by atoms with Crippen LogP contribution in [-0.4, -0.2) is 23.9 Å². The molecule has 0 saturated heterocycles. The van der Waals surface area contributed by atoms with E-state index in [0.29, 0.717) is 0 Å². The van der Waals surface area contributed by atoms with Crippen molar-refractivity contribution in [3.05, 3.63) is 5.70 Å². The molecule has 82 valence electrons. The molecular weight excluding hydrogens is 174 g/mol. The van der Waals surface area contributed by atoms with E-state index in [-0.39, 0.29) is 0 Å². The second kappa shape index (κ2) is 8.83. The Labute approximate surface area is 88.0 Å². The molecule has 0 saturated carbocycles. The van der Waals surface area contributed by atoms with Crippen LogP contribution in [0.4, 0.5) is 0 Å². The van der Waals surface area contributed by atoms with E-state index < -0.39 is 0 Å². The van der Waals surface area contributed by atoms with Gasteiger partial charge >= 0.3 is 0 Å². The van der Waals surface area contributed by atoms with E-state index in [4.69, 9.17) is 0 Å². The van der Waals surface area contributed by atoms with Crippen molar-refractivity contribution >= 4 is 5.94 Å². The van der Waals surface area contributed by atoms with E-state index in [1.807, 2.05) is 0 Å². The largest absolute Gasteiger partial charge is 0.366 e. The number of allylic oxidation sites excluding steroid dienone is 1. The number of hydrogen-bond donors (Lipinski definition) is 0. The Morgan fingerprint density at radius 3 is 2.21 bits per heavy atom. The number of rotatable bonds is 8. The Morgan fingerprint density at radius 1 is 1.14 bits per heavy atom. The van der Waals surface area contributed by atoms with Gasteiger partial charge < -0.3 is 4.90 Å². The van der Waals surface area contributed by atoms with Crippen molar-refractivity contribution in [2.24, 2.45) is 0 Å². The topological polar surface area (TPSA) is 20.3 Å². The molecule has 2 nitrogen and oxygen atoms in total. The van der Waals surface area contributed by atoms with Gasteiger partial charge in [0.05, 0.1) is 5.70 Å². The fraction of sp³-hybridized carbons (Fsp3) is 0.833. The fourth-order valence-electron chi connectivity index (χ4n) is 1.45. The Bertz CT molecular complexity index is 183. The van der Waals surface area contributed by atoms with Gasteiger partial charge in [-0.25, -0.2) is 4.79 Å². The van der Waals surface area contributed by atoms with Crippen LogP contribution in [0.1, 0.15) is 52.9 Å². The summed E-state index contributed by atoms with van der Waals surface area (Å²) < 4.78 is 0. The smallest absolute Gasteiger partial charge is 0.145 e. The number of carbonyl (C=O) groups excluding carboxylic acids is 1. The molecule has 0 aliphatic heterocycles. The summed E-state index contributed by atoms with van der Waals surface area (Å²) in [6, 6.07) is 0.